The van der Waals surface area contributed by atoms with Crippen LogP contribution in [0.3, 0.4) is 0 Å². The van der Waals surface area contributed by atoms with Crippen molar-refractivity contribution in [2.45, 2.75) is 91.9 Å². The smallest absolute Gasteiger partial charge is 0.508 e. The maximum Gasteiger partial charge on any atom is 0.514 e. The highest BCUT2D eigenvalue weighted by Crippen LogP contribution is 2.51. The maximum absolute atomic E-state index is 13.5. The van der Waals surface area contributed by atoms with Gasteiger partial charge in [0.2, 0.25) is 31.3 Å². The molecule has 19 nitrogen and oxygen atoms in total. The lowest BCUT2D eigenvalue weighted by Crippen LogP contribution is -2.71. The van der Waals surface area contributed by atoms with E-state index in [4.69, 9.17) is 14.2 Å². The highest BCUT2D eigenvalue weighted by Gasteiger charge is 2.68. The molecule has 0 aliphatic carbocycles. The molecule has 0 spiro atoms. The fraction of sp³-hybridized carbons (Fsp3) is 0.562. The summed E-state index contributed by atoms with van der Waals surface area (Å²) < 4.78 is 46.9. The molecular weight excluding hydrogens is 744 g/mol. The molecule has 1 aromatic rings. The number of methoxy groups -OCH3 is 1. The Morgan fingerprint density at radius 1 is 0.962 bits per heavy atom. The van der Waals surface area contributed by atoms with E-state index in [-0.39, 0.29) is 24.3 Å². The number of ether oxygens (including phenoxy) is 5. The monoisotopic (exact) mass is 782 g/mol. The molecular formula is C32H38N4O15S2. The van der Waals surface area contributed by atoms with Gasteiger partial charge in [-0.25, -0.2) is 22.8 Å². The normalized spacial score (nSPS) is 26.5. The second-order valence-electron chi connectivity index (χ2n) is 13.6. The highest BCUT2D eigenvalue weighted by molar-refractivity contribution is 8.01. The van der Waals surface area contributed by atoms with Gasteiger partial charge in [0, 0.05) is 10.5 Å². The fourth-order valence-electron chi connectivity index (χ4n) is 6.53. The van der Waals surface area contributed by atoms with Crippen LogP contribution in [-0.4, -0.2) is 130 Å². The predicted octanol–water partition coefficient (Wildman–Crippen LogP) is 0.293. The minimum atomic E-state index is -3.85. The van der Waals surface area contributed by atoms with Gasteiger partial charge in [0.1, 0.15) is 34.6 Å². The first kappa shape index (κ1) is 39.3. The number of phenolic OH excluding ortho intramolecular Hbond substituents is 1. The second kappa shape index (κ2) is 14.5. The van der Waals surface area contributed by atoms with Crippen LogP contribution in [0.4, 0.5) is 4.79 Å². The lowest BCUT2D eigenvalue weighted by atomic mass is 9.95. The van der Waals surface area contributed by atoms with Crippen molar-refractivity contribution in [2.24, 2.45) is 4.99 Å². The first-order chi connectivity index (χ1) is 24.7. The number of carbonyl (C=O) groups is 7. The van der Waals surface area contributed by atoms with E-state index >= 15 is 0 Å². The quantitative estimate of drug-likeness (QED) is 0.0951. The molecule has 0 bridgehead atoms. The van der Waals surface area contributed by atoms with Crippen LogP contribution in [0.1, 0.15) is 59.1 Å². The molecule has 1 aromatic carbocycles. The van der Waals surface area contributed by atoms with Crippen LogP contribution in [0, 0.1) is 0 Å². The van der Waals surface area contributed by atoms with Gasteiger partial charge < -0.3 is 43.9 Å². The van der Waals surface area contributed by atoms with E-state index in [1.807, 2.05) is 0 Å². The Morgan fingerprint density at radius 3 is 2.11 bits per heavy atom. The summed E-state index contributed by atoms with van der Waals surface area (Å²) in [6, 6.07) is 0.849. The first-order valence-corrected chi connectivity index (χ1v) is 18.5. The molecule has 4 saturated heterocycles. The van der Waals surface area contributed by atoms with E-state index in [1.165, 1.54) is 68.8 Å². The van der Waals surface area contributed by atoms with Gasteiger partial charge in [-0.15, -0.1) is 11.8 Å². The van der Waals surface area contributed by atoms with Crippen molar-refractivity contribution in [1.82, 2.24) is 15.1 Å². The summed E-state index contributed by atoms with van der Waals surface area (Å²) in [6.45, 7) is 5.57. The Kier molecular flexibility index (Phi) is 10.7. The Hall–Kier alpha value is -4.92. The lowest BCUT2D eigenvalue weighted by molar-refractivity contribution is -0.173. The third-order valence-corrected chi connectivity index (χ3v) is 13.7. The number of aliphatic imine (C=N–C) groups is 1. The molecule has 4 aliphatic heterocycles. The van der Waals surface area contributed by atoms with Gasteiger partial charge in [-0.05, 0) is 52.3 Å². The molecule has 3 amide bonds. The SMILES string of the molecule is COC(=O)CC(C)=NC(C(=O)N[C@@H]1C(=O)N2[C@@H]1SC(C)(C)[C@@H]2C(=O)OCOC(=O)OCOC(=O)[C@@H]1N2C(=O)C[C@H]2S(=O)(=O)C1(C)C)c1ccc(O)cc1. The van der Waals surface area contributed by atoms with Crippen LogP contribution in [0.15, 0.2) is 29.3 Å². The Labute approximate surface area is 307 Å². The number of amides is 3. The van der Waals surface area contributed by atoms with Crippen LogP contribution in [0.2, 0.25) is 0 Å². The minimum absolute atomic E-state index is 0.0484. The van der Waals surface area contributed by atoms with E-state index in [0.717, 1.165) is 4.90 Å². The zero-order valence-electron chi connectivity index (χ0n) is 29.4. The van der Waals surface area contributed by atoms with Crippen LogP contribution in [-0.2, 0) is 62.3 Å². The summed E-state index contributed by atoms with van der Waals surface area (Å²) in [5.41, 5.74) is 0.659. The van der Waals surface area contributed by atoms with Crippen LogP contribution < -0.4 is 5.32 Å². The van der Waals surface area contributed by atoms with E-state index in [1.54, 1.807) is 13.8 Å². The van der Waals surface area contributed by atoms with E-state index in [2.05, 4.69) is 19.8 Å². The summed E-state index contributed by atoms with van der Waals surface area (Å²) in [5, 5.41) is 10.6. The fourth-order valence-corrected chi connectivity index (χ4v) is 10.3. The van der Waals surface area contributed by atoms with E-state index in [0.29, 0.717) is 5.56 Å². The minimum Gasteiger partial charge on any atom is -0.508 e. The molecule has 0 radical (unpaired) electrons. The zero-order chi connectivity index (χ0) is 39.2. The van der Waals surface area contributed by atoms with Crippen molar-refractivity contribution in [3.05, 3.63) is 29.8 Å². The van der Waals surface area contributed by atoms with Gasteiger partial charge >= 0.3 is 24.1 Å². The van der Waals surface area contributed by atoms with Crippen molar-refractivity contribution in [1.29, 1.82) is 0 Å². The van der Waals surface area contributed by atoms with Crippen molar-refractivity contribution in [3.63, 3.8) is 0 Å². The number of esters is 3. The third-order valence-electron chi connectivity index (χ3n) is 9.35. The number of rotatable bonds is 12. The van der Waals surface area contributed by atoms with Gasteiger partial charge in [-0.3, -0.25) is 24.2 Å². The zero-order valence-corrected chi connectivity index (χ0v) is 31.1. The van der Waals surface area contributed by atoms with Gasteiger partial charge in [0.15, 0.2) is 15.9 Å². The number of fused-ring (bicyclic) bond motifs is 2. The van der Waals surface area contributed by atoms with Crippen molar-refractivity contribution >= 4 is 69.1 Å². The summed E-state index contributed by atoms with van der Waals surface area (Å²) in [5.74, 6) is -4.43. The standard InChI is InChI=1S/C32H38N4O15S2/c1-15(11-20(39)47-6)33-21(16-7-9-17(37)10-8-16)25(40)34-22-26(41)36-23(31(2,3)52-27(22)36)28(42)48-13-50-30(44)51-14-49-29(43)24-32(4,5)53(45,46)19-12-18(38)35(19)24/h7-10,19,21-24,27,37H,11-14H2,1-6H3,(H,34,40)/t19-,21?,22-,23+,24+,27-/m1/s1. The van der Waals surface area contributed by atoms with Gasteiger partial charge in [-0.2, -0.15) is 0 Å². The molecule has 6 atom stereocenters. The number of β-lactam (4-membered cyclic amide) rings is 2. The third kappa shape index (κ3) is 7.22. The van der Waals surface area contributed by atoms with Crippen LogP contribution >= 0.6 is 11.8 Å². The largest absolute Gasteiger partial charge is 0.514 e. The molecule has 1 unspecified atom stereocenters. The van der Waals surface area contributed by atoms with Crippen molar-refractivity contribution < 1.29 is 70.8 Å². The number of nitrogens with one attached hydrogen (secondary N) is 1. The summed E-state index contributed by atoms with van der Waals surface area (Å²) in [4.78, 5) is 95.1. The molecule has 21 heteroatoms. The van der Waals surface area contributed by atoms with Crippen LogP contribution in [0.5, 0.6) is 5.75 Å². The Morgan fingerprint density at radius 2 is 1.55 bits per heavy atom. The number of nitrogens with zero attached hydrogens (tertiary/aromatic N) is 3. The number of aromatic hydroxyl groups is 1. The molecule has 53 heavy (non-hydrogen) atoms. The van der Waals surface area contributed by atoms with Gasteiger partial charge in [-0.1, -0.05) is 12.1 Å². The number of phenols is 1. The first-order valence-electron chi connectivity index (χ1n) is 16.1. The molecule has 288 valence electrons. The number of hydrogen-bond acceptors (Lipinski definition) is 17. The van der Waals surface area contributed by atoms with Gasteiger partial charge in [0.05, 0.1) is 24.7 Å². The maximum atomic E-state index is 13.5. The summed E-state index contributed by atoms with van der Waals surface area (Å²) in [6.07, 6.45) is -1.83. The summed E-state index contributed by atoms with van der Waals surface area (Å²) >= 11 is 1.23. The molecule has 0 saturated carbocycles. The van der Waals surface area contributed by atoms with Gasteiger partial charge in [0.25, 0.3) is 0 Å². The highest BCUT2D eigenvalue weighted by atomic mass is 32.2. The molecule has 2 N–H and O–H groups in total. The van der Waals surface area contributed by atoms with E-state index < -0.39 is 110 Å². The number of sulfone groups is 1. The Bertz CT molecular complexity index is 1860. The number of carbonyl (C=O) groups excluding carboxylic acids is 7. The van der Waals surface area contributed by atoms with Crippen molar-refractivity contribution in [2.75, 3.05) is 20.7 Å². The molecule has 0 aromatic heterocycles. The predicted molar refractivity (Wildman–Crippen MR) is 180 cm³/mol. The molecule has 4 heterocycles. The average Bonchev–Trinajstić information content (AvgIpc) is 3.40. The molecule has 4 aliphatic rings. The van der Waals surface area contributed by atoms with E-state index in [9.17, 15) is 47.1 Å². The summed E-state index contributed by atoms with van der Waals surface area (Å²) in [7, 11) is -2.64. The average molecular weight is 783 g/mol. The molecule has 4 fully saturated rings. The number of hydrogen-bond donors (Lipinski definition) is 2. The second-order valence-corrected chi connectivity index (χ2v) is 18.0. The van der Waals surface area contributed by atoms with Crippen molar-refractivity contribution in [3.8, 4) is 5.75 Å². The van der Waals surface area contributed by atoms with Crippen LogP contribution in [0.25, 0.3) is 0 Å². The number of benzene rings is 1. The molecule has 5 rings (SSSR count). The number of thioether (sulfide) groups is 1. The topological polar surface area (TPSA) is 251 Å². The lowest BCUT2D eigenvalue weighted by Gasteiger charge is -2.44. The Balaban J connectivity index is 1.12.